The Kier molecular flexibility index (Phi) is 4.65. The first-order valence-corrected chi connectivity index (χ1v) is 7.28. The van der Waals surface area contributed by atoms with Crippen molar-refractivity contribution in [1.82, 2.24) is 10.3 Å². The topological polar surface area (TPSA) is 116 Å². The molecule has 9 nitrogen and oxygen atoms in total. The smallest absolute Gasteiger partial charge is 0.276 e. The predicted molar refractivity (Wildman–Crippen MR) is 86.6 cm³/mol. The lowest BCUT2D eigenvalue weighted by molar-refractivity contribution is -0.136. The molecule has 1 aliphatic heterocycles. The van der Waals surface area contributed by atoms with Gasteiger partial charge in [0.2, 0.25) is 5.91 Å². The molecule has 1 aliphatic rings. The highest BCUT2D eigenvalue weighted by Gasteiger charge is 2.31. The second-order valence-electron chi connectivity index (χ2n) is 4.95. The number of barbiturate groups is 1. The summed E-state index contributed by atoms with van der Waals surface area (Å²) in [6, 6.07) is 14.9. The molecule has 1 fully saturated rings. The Morgan fingerprint density at radius 3 is 2.12 bits per heavy atom. The van der Waals surface area contributed by atoms with Crippen molar-refractivity contribution >= 4 is 34.9 Å². The number of urea groups is 1. The molecule has 1 heterocycles. The van der Waals surface area contributed by atoms with E-state index in [0.29, 0.717) is 22.1 Å². The Hall–Kier alpha value is -3.75. The van der Waals surface area contributed by atoms with E-state index in [1.54, 1.807) is 36.4 Å². The number of benzene rings is 2. The van der Waals surface area contributed by atoms with E-state index >= 15 is 0 Å². The summed E-state index contributed by atoms with van der Waals surface area (Å²) in [7, 11) is 0. The first-order valence-electron chi connectivity index (χ1n) is 7.28. The molecule has 0 radical (unpaired) electrons. The summed E-state index contributed by atoms with van der Waals surface area (Å²) in [4.78, 5) is 34.4. The van der Waals surface area contributed by atoms with Crippen LogP contribution in [0.25, 0.3) is 0 Å². The van der Waals surface area contributed by atoms with Crippen molar-refractivity contribution in [2.75, 3.05) is 0 Å². The lowest BCUT2D eigenvalue weighted by atomic mass is 10.3. The fourth-order valence-corrected chi connectivity index (χ4v) is 1.96. The maximum absolute atomic E-state index is 11.7. The van der Waals surface area contributed by atoms with E-state index in [-0.39, 0.29) is 0 Å². The molecule has 0 atom stereocenters. The lowest BCUT2D eigenvalue weighted by Crippen LogP contribution is -2.49. The van der Waals surface area contributed by atoms with Crippen LogP contribution in [0.4, 0.5) is 21.9 Å². The Bertz CT molecular complexity index is 858. The second kappa shape index (κ2) is 7.21. The maximum atomic E-state index is 11.7. The third-order valence-electron chi connectivity index (χ3n) is 3.14. The monoisotopic (exact) mass is 336 g/mol. The zero-order valence-electron chi connectivity index (χ0n) is 12.9. The molecule has 124 valence electrons. The fraction of sp³-hybridized carbons (Fsp3) is 0.0625. The van der Waals surface area contributed by atoms with Gasteiger partial charge in [0, 0.05) is 0 Å². The summed E-state index contributed by atoms with van der Waals surface area (Å²) in [5.41, 5.74) is 1.40. The Labute approximate surface area is 142 Å². The van der Waals surface area contributed by atoms with Gasteiger partial charge in [-0.1, -0.05) is 35.6 Å². The third-order valence-corrected chi connectivity index (χ3v) is 3.14. The minimum atomic E-state index is -0.937. The van der Waals surface area contributed by atoms with E-state index in [9.17, 15) is 14.4 Å². The molecular weight excluding hydrogens is 324 g/mol. The van der Waals surface area contributed by atoms with E-state index in [4.69, 9.17) is 0 Å². The lowest BCUT2D eigenvalue weighted by Gasteiger charge is -2.18. The molecule has 0 aromatic heterocycles. The summed E-state index contributed by atoms with van der Waals surface area (Å²) in [5.74, 6) is -1.42. The normalized spacial score (nSPS) is 15.2. The van der Waals surface area contributed by atoms with Crippen molar-refractivity contribution < 1.29 is 14.4 Å². The molecule has 3 rings (SSSR count). The number of hydrogen-bond acceptors (Lipinski definition) is 7. The third kappa shape index (κ3) is 3.96. The molecular formula is C16H12N6O3. The predicted octanol–water partition coefficient (Wildman–Crippen LogP) is 3.57. The quantitative estimate of drug-likeness (QED) is 0.679. The Morgan fingerprint density at radius 1 is 0.800 bits per heavy atom. The molecule has 2 aromatic rings. The van der Waals surface area contributed by atoms with Crippen LogP contribution in [-0.4, -0.2) is 22.9 Å². The van der Waals surface area contributed by atoms with Crippen molar-refractivity contribution in [3.8, 4) is 0 Å². The number of imide groups is 2. The van der Waals surface area contributed by atoms with Gasteiger partial charge in [-0.05, 0) is 24.3 Å². The number of nitrogens with zero attached hydrogens (tertiary/aromatic N) is 5. The van der Waals surface area contributed by atoms with Crippen LogP contribution in [0.2, 0.25) is 0 Å². The van der Waals surface area contributed by atoms with Gasteiger partial charge >= 0.3 is 6.03 Å². The summed E-state index contributed by atoms with van der Waals surface area (Å²) in [5, 5.41) is 18.2. The van der Waals surface area contributed by atoms with Crippen molar-refractivity contribution in [3.63, 3.8) is 0 Å². The molecule has 25 heavy (non-hydrogen) atoms. The van der Waals surface area contributed by atoms with Gasteiger partial charge < -0.3 is 0 Å². The van der Waals surface area contributed by atoms with Crippen molar-refractivity contribution in [2.24, 2.45) is 20.6 Å². The average molecular weight is 336 g/mol. The molecule has 4 amide bonds. The van der Waals surface area contributed by atoms with Gasteiger partial charge in [0.15, 0.2) is 0 Å². The van der Waals surface area contributed by atoms with Crippen molar-refractivity contribution in [3.05, 3.63) is 54.6 Å². The van der Waals surface area contributed by atoms with Gasteiger partial charge in [0.1, 0.15) is 17.8 Å². The van der Waals surface area contributed by atoms with Crippen LogP contribution in [0, 0.1) is 0 Å². The number of carbonyl (C=O) groups is 3. The van der Waals surface area contributed by atoms with Crippen LogP contribution in [-0.2, 0) is 9.59 Å². The molecule has 9 heteroatoms. The van der Waals surface area contributed by atoms with E-state index < -0.39 is 24.3 Å². The standard InChI is InChI=1S/C16H12N6O3/c23-14-10-15(24)22(16(25)17-14)21-20-13-9-5-4-8-12(13)19-18-11-6-2-1-3-7-11/h1-9H,10H2,(H,17,23,25)/b19-18+,21-20+. The molecule has 0 bridgehead atoms. The minimum Gasteiger partial charge on any atom is -0.276 e. The number of carbonyl (C=O) groups excluding carboxylic acids is 3. The van der Waals surface area contributed by atoms with Crippen LogP contribution < -0.4 is 5.32 Å². The molecule has 0 spiro atoms. The largest absolute Gasteiger partial charge is 0.353 e. The van der Waals surface area contributed by atoms with Crippen molar-refractivity contribution in [2.45, 2.75) is 6.42 Å². The summed E-state index contributed by atoms with van der Waals surface area (Å²) in [6.07, 6.45) is -0.458. The second-order valence-corrected chi connectivity index (χ2v) is 4.95. The summed E-state index contributed by atoms with van der Waals surface area (Å²) >= 11 is 0. The first kappa shape index (κ1) is 16.1. The van der Waals surface area contributed by atoms with Gasteiger partial charge in [-0.25, -0.2) is 4.79 Å². The molecule has 2 aromatic carbocycles. The van der Waals surface area contributed by atoms with E-state index in [1.807, 2.05) is 23.5 Å². The van der Waals surface area contributed by atoms with Crippen LogP contribution >= 0.6 is 0 Å². The van der Waals surface area contributed by atoms with Crippen LogP contribution in [0.5, 0.6) is 0 Å². The molecule has 1 saturated heterocycles. The highest BCUT2D eigenvalue weighted by Crippen LogP contribution is 2.29. The van der Waals surface area contributed by atoms with E-state index in [0.717, 1.165) is 0 Å². The van der Waals surface area contributed by atoms with Crippen LogP contribution in [0.1, 0.15) is 6.42 Å². The van der Waals surface area contributed by atoms with Gasteiger partial charge in [-0.2, -0.15) is 5.11 Å². The highest BCUT2D eigenvalue weighted by atomic mass is 16.2. The summed E-state index contributed by atoms with van der Waals surface area (Å²) in [6.45, 7) is 0. The first-order chi connectivity index (χ1) is 12.1. The molecule has 0 aliphatic carbocycles. The SMILES string of the molecule is O=C1CC(=O)N(/N=N/c2ccccc2/N=N/c2ccccc2)C(=O)N1. The molecule has 1 N–H and O–H groups in total. The highest BCUT2D eigenvalue weighted by molar-refractivity contribution is 6.13. The number of hydrogen-bond donors (Lipinski definition) is 1. The molecule has 0 unspecified atom stereocenters. The number of rotatable bonds is 4. The minimum absolute atomic E-state index is 0.319. The Balaban J connectivity index is 1.81. The Morgan fingerprint density at radius 2 is 1.44 bits per heavy atom. The van der Waals surface area contributed by atoms with Crippen LogP contribution in [0.15, 0.2) is 75.2 Å². The van der Waals surface area contributed by atoms with E-state index in [2.05, 4.69) is 20.6 Å². The van der Waals surface area contributed by atoms with Gasteiger partial charge in [-0.15, -0.1) is 15.2 Å². The molecule has 0 saturated carbocycles. The number of nitrogens with one attached hydrogen (secondary N) is 1. The van der Waals surface area contributed by atoms with Crippen molar-refractivity contribution in [1.29, 1.82) is 0 Å². The van der Waals surface area contributed by atoms with Gasteiger partial charge in [0.25, 0.3) is 5.91 Å². The van der Waals surface area contributed by atoms with Gasteiger partial charge in [-0.3, -0.25) is 14.9 Å². The number of azo groups is 1. The van der Waals surface area contributed by atoms with Crippen LogP contribution in [0.3, 0.4) is 0 Å². The average Bonchev–Trinajstić information content (AvgIpc) is 2.61. The summed E-state index contributed by atoms with van der Waals surface area (Å²) < 4.78 is 0. The zero-order chi connectivity index (χ0) is 17.6. The maximum Gasteiger partial charge on any atom is 0.353 e. The van der Waals surface area contributed by atoms with Gasteiger partial charge in [0.05, 0.1) is 5.69 Å². The van der Waals surface area contributed by atoms with E-state index in [1.165, 1.54) is 0 Å². The number of amides is 4. The fourth-order valence-electron chi connectivity index (χ4n) is 1.96. The zero-order valence-corrected chi connectivity index (χ0v) is 12.9.